The van der Waals surface area contributed by atoms with Crippen LogP contribution in [0.5, 0.6) is 5.75 Å². The third-order valence-electron chi connectivity index (χ3n) is 6.24. The minimum Gasteiger partial charge on any atom is -0.618 e. The summed E-state index contributed by atoms with van der Waals surface area (Å²) >= 11 is 5.84. The molecule has 0 aliphatic heterocycles. The zero-order valence-electron chi connectivity index (χ0n) is 19.5. The SMILES string of the molecule is COc1cc(C(CC2CC2)C(=O)Nc2ccc(C(=O)O)cc2)[n+]([O-])cc1-c1c(C(F)F)ccc(Cl)c1F. The Morgan fingerprint density at radius 3 is 2.46 bits per heavy atom. The molecule has 1 unspecified atom stereocenters. The molecule has 2 N–H and O–H groups in total. The third-order valence-corrected chi connectivity index (χ3v) is 6.53. The standard InChI is InChI=1S/C26H22ClF3N2O5/c1-37-21-11-20(32(36)12-18(21)22-16(24(29)30)8-9-19(27)23(22)28)17(10-13-2-3-13)25(33)31-15-6-4-14(5-7-15)26(34)35/h4-9,11-13,17,24H,2-3,10H2,1H3,(H,31,33)(H,34,35). The highest BCUT2D eigenvalue weighted by atomic mass is 35.5. The number of rotatable bonds is 9. The molecule has 7 nitrogen and oxygen atoms in total. The van der Waals surface area contributed by atoms with E-state index in [1.165, 1.54) is 37.4 Å². The number of benzene rings is 2. The van der Waals surface area contributed by atoms with Gasteiger partial charge in [-0.1, -0.05) is 30.5 Å². The number of nitrogens with one attached hydrogen (secondary N) is 1. The van der Waals surface area contributed by atoms with Gasteiger partial charge in [0.2, 0.25) is 11.6 Å². The molecule has 1 aliphatic rings. The second-order valence-electron chi connectivity index (χ2n) is 8.74. The molecular formula is C26H22ClF3N2O5. The van der Waals surface area contributed by atoms with E-state index in [0.29, 0.717) is 16.8 Å². The number of anilines is 1. The van der Waals surface area contributed by atoms with Gasteiger partial charge in [0.15, 0.2) is 6.20 Å². The lowest BCUT2D eigenvalue weighted by Gasteiger charge is -2.19. The van der Waals surface area contributed by atoms with Crippen LogP contribution in [-0.2, 0) is 4.79 Å². The monoisotopic (exact) mass is 534 g/mol. The van der Waals surface area contributed by atoms with Gasteiger partial charge in [0.25, 0.3) is 6.43 Å². The van der Waals surface area contributed by atoms with Crippen LogP contribution in [0.2, 0.25) is 5.02 Å². The van der Waals surface area contributed by atoms with Crippen LogP contribution in [0.4, 0.5) is 18.9 Å². The normalized spacial score (nSPS) is 13.9. The van der Waals surface area contributed by atoms with Crippen molar-refractivity contribution in [1.82, 2.24) is 0 Å². The van der Waals surface area contributed by atoms with Gasteiger partial charge in [0.05, 0.1) is 29.3 Å². The number of carboxylic acid groups (broad SMARTS) is 1. The summed E-state index contributed by atoms with van der Waals surface area (Å²) in [6.45, 7) is 0. The molecule has 1 amide bonds. The lowest BCUT2D eigenvalue weighted by Crippen LogP contribution is -2.37. The summed E-state index contributed by atoms with van der Waals surface area (Å²) in [7, 11) is 1.24. The van der Waals surface area contributed by atoms with Crippen molar-refractivity contribution in [2.24, 2.45) is 5.92 Å². The molecule has 1 atom stereocenters. The summed E-state index contributed by atoms with van der Waals surface area (Å²) in [5.41, 5.74) is -1.08. The number of carbonyl (C=O) groups is 2. The Morgan fingerprint density at radius 1 is 1.22 bits per heavy atom. The van der Waals surface area contributed by atoms with Crippen LogP contribution in [0.25, 0.3) is 11.1 Å². The summed E-state index contributed by atoms with van der Waals surface area (Å²) < 4.78 is 48.0. The number of carbonyl (C=O) groups excluding carboxylic acids is 1. The first-order valence-electron chi connectivity index (χ1n) is 11.3. The number of methoxy groups -OCH3 is 1. The summed E-state index contributed by atoms with van der Waals surface area (Å²) in [6, 6.07) is 8.76. The number of hydrogen-bond donors (Lipinski definition) is 2. The molecule has 3 aromatic rings. The van der Waals surface area contributed by atoms with Crippen molar-refractivity contribution in [2.75, 3.05) is 12.4 Å². The van der Waals surface area contributed by atoms with Gasteiger partial charge in [-0.3, -0.25) is 4.79 Å². The maximum atomic E-state index is 14.9. The van der Waals surface area contributed by atoms with Gasteiger partial charge >= 0.3 is 5.97 Å². The molecule has 1 aromatic heterocycles. The van der Waals surface area contributed by atoms with E-state index in [4.69, 9.17) is 21.4 Å². The molecule has 1 heterocycles. The smallest absolute Gasteiger partial charge is 0.335 e. The number of carboxylic acids is 1. The van der Waals surface area contributed by atoms with E-state index in [2.05, 4.69) is 5.32 Å². The van der Waals surface area contributed by atoms with Crippen LogP contribution in [0, 0.1) is 16.9 Å². The van der Waals surface area contributed by atoms with E-state index in [0.717, 1.165) is 31.2 Å². The Balaban J connectivity index is 1.74. The Labute approximate surface area is 215 Å². The second kappa shape index (κ2) is 10.7. The molecule has 11 heteroatoms. The van der Waals surface area contributed by atoms with Crippen LogP contribution < -0.4 is 14.8 Å². The van der Waals surface area contributed by atoms with E-state index in [1.54, 1.807) is 0 Å². The molecule has 4 rings (SSSR count). The molecule has 0 saturated heterocycles. The van der Waals surface area contributed by atoms with Crippen molar-refractivity contribution in [3.8, 4) is 16.9 Å². The largest absolute Gasteiger partial charge is 0.618 e. The minimum atomic E-state index is -3.05. The topological polar surface area (TPSA) is 103 Å². The van der Waals surface area contributed by atoms with Gasteiger partial charge in [-0.05, 0) is 42.7 Å². The molecule has 1 saturated carbocycles. The van der Waals surface area contributed by atoms with Crippen LogP contribution >= 0.6 is 11.6 Å². The van der Waals surface area contributed by atoms with Crippen molar-refractivity contribution in [2.45, 2.75) is 31.6 Å². The van der Waals surface area contributed by atoms with Crippen molar-refractivity contribution >= 4 is 29.2 Å². The Bertz CT molecular complexity index is 1350. The second-order valence-corrected chi connectivity index (χ2v) is 9.14. The van der Waals surface area contributed by atoms with Gasteiger partial charge in [-0.15, -0.1) is 0 Å². The first-order valence-corrected chi connectivity index (χ1v) is 11.7. The van der Waals surface area contributed by atoms with Crippen LogP contribution in [-0.4, -0.2) is 24.1 Å². The molecular weight excluding hydrogens is 513 g/mol. The first-order chi connectivity index (χ1) is 17.6. The highest BCUT2D eigenvalue weighted by molar-refractivity contribution is 6.31. The first kappa shape index (κ1) is 26.3. The van der Waals surface area contributed by atoms with E-state index < -0.39 is 46.2 Å². The molecule has 2 aromatic carbocycles. The van der Waals surface area contributed by atoms with Crippen molar-refractivity contribution in [3.63, 3.8) is 0 Å². The van der Waals surface area contributed by atoms with Gasteiger partial charge < -0.3 is 20.4 Å². The lowest BCUT2D eigenvalue weighted by atomic mass is 9.94. The van der Waals surface area contributed by atoms with Gasteiger partial charge in [-0.25, -0.2) is 18.0 Å². The number of nitrogens with zero attached hydrogens (tertiary/aromatic N) is 1. The average Bonchev–Trinajstić information content (AvgIpc) is 3.68. The molecule has 1 fully saturated rings. The highest BCUT2D eigenvalue weighted by Gasteiger charge is 2.36. The number of aromatic carboxylic acids is 1. The fourth-order valence-electron chi connectivity index (χ4n) is 4.14. The van der Waals surface area contributed by atoms with E-state index in [1.807, 2.05) is 0 Å². The molecule has 0 bridgehead atoms. The fraction of sp³-hybridized carbons (Fsp3) is 0.269. The highest BCUT2D eigenvalue weighted by Crippen LogP contribution is 2.42. The zero-order chi connectivity index (χ0) is 26.9. The Hall–Kier alpha value is -3.79. The van der Waals surface area contributed by atoms with Crippen LogP contribution in [0.3, 0.4) is 0 Å². The summed E-state index contributed by atoms with van der Waals surface area (Å²) in [5.74, 6) is -3.56. The average molecular weight is 535 g/mol. The molecule has 0 spiro atoms. The number of alkyl halides is 2. The summed E-state index contributed by atoms with van der Waals surface area (Å²) in [6.07, 6.45) is -0.0266. The fourth-order valence-corrected chi connectivity index (χ4v) is 4.30. The number of aromatic nitrogens is 1. The van der Waals surface area contributed by atoms with Crippen molar-refractivity contribution in [3.05, 3.63) is 81.5 Å². The minimum absolute atomic E-state index is 0.00631. The Kier molecular flexibility index (Phi) is 7.58. The van der Waals surface area contributed by atoms with E-state index in [9.17, 15) is 28.0 Å². The summed E-state index contributed by atoms with van der Waals surface area (Å²) in [5, 5.41) is 24.5. The zero-order valence-corrected chi connectivity index (χ0v) is 20.3. The predicted molar refractivity (Wildman–Crippen MR) is 129 cm³/mol. The maximum Gasteiger partial charge on any atom is 0.335 e. The van der Waals surface area contributed by atoms with Gasteiger partial charge in [0, 0.05) is 16.8 Å². The van der Waals surface area contributed by atoms with E-state index in [-0.39, 0.29) is 28.5 Å². The number of hydrogen-bond acceptors (Lipinski definition) is 4. The molecule has 1 aliphatic carbocycles. The maximum absolute atomic E-state index is 14.9. The van der Waals surface area contributed by atoms with Gasteiger partial charge in [0.1, 0.15) is 17.5 Å². The number of ether oxygens (including phenoxy) is 1. The van der Waals surface area contributed by atoms with Crippen molar-refractivity contribution < 1.29 is 37.3 Å². The van der Waals surface area contributed by atoms with Gasteiger partial charge in [-0.2, -0.15) is 4.73 Å². The number of pyridine rings is 1. The predicted octanol–water partition coefficient (Wildman–Crippen LogP) is 5.95. The molecule has 37 heavy (non-hydrogen) atoms. The number of amides is 1. The third kappa shape index (κ3) is 5.64. The van der Waals surface area contributed by atoms with Crippen LogP contribution in [0.1, 0.15) is 53.2 Å². The van der Waals surface area contributed by atoms with Crippen molar-refractivity contribution in [1.29, 1.82) is 0 Å². The molecule has 0 radical (unpaired) electrons. The van der Waals surface area contributed by atoms with E-state index >= 15 is 0 Å². The quantitative estimate of drug-likeness (QED) is 0.261. The lowest BCUT2D eigenvalue weighted by molar-refractivity contribution is -0.614. The number of halogens is 4. The Morgan fingerprint density at radius 2 is 1.89 bits per heavy atom. The summed E-state index contributed by atoms with van der Waals surface area (Å²) in [4.78, 5) is 24.3. The van der Waals surface area contributed by atoms with Crippen LogP contribution in [0.15, 0.2) is 48.7 Å². The molecule has 194 valence electrons.